The summed E-state index contributed by atoms with van der Waals surface area (Å²) in [6, 6.07) is 5.49. The third kappa shape index (κ3) is 3.26. The van der Waals surface area contributed by atoms with Crippen LogP contribution in [0.25, 0.3) is 0 Å². The average Bonchev–Trinajstić information content (AvgIpc) is 2.87. The maximum absolute atomic E-state index is 11.9. The first-order valence-corrected chi connectivity index (χ1v) is 7.56. The molecule has 1 amide bonds. The van der Waals surface area contributed by atoms with Crippen molar-refractivity contribution in [1.29, 1.82) is 0 Å². The Balaban J connectivity index is 2.20. The number of nitrogens with one attached hydrogen (secondary N) is 2. The molecule has 0 saturated heterocycles. The van der Waals surface area contributed by atoms with E-state index >= 15 is 0 Å². The fourth-order valence-corrected chi connectivity index (χ4v) is 2.24. The number of anilines is 1. The number of carbonyl (C=O) groups excluding carboxylic acids is 1. The molecule has 1 aromatic heterocycles. The average molecular weight is 309 g/mol. The molecule has 1 heterocycles. The van der Waals surface area contributed by atoms with Crippen LogP contribution in [0, 0.1) is 0 Å². The first-order chi connectivity index (χ1) is 9.79. The summed E-state index contributed by atoms with van der Waals surface area (Å²) in [5.74, 6) is -2.01. The Hall–Kier alpha value is -2.68. The number of carbonyl (C=O) groups is 2. The largest absolute Gasteiger partial charge is 0.477 e. The van der Waals surface area contributed by atoms with Crippen molar-refractivity contribution < 1.29 is 23.1 Å². The van der Waals surface area contributed by atoms with Crippen LogP contribution in [0.4, 0.5) is 5.69 Å². The van der Waals surface area contributed by atoms with Gasteiger partial charge in [-0.2, -0.15) is 0 Å². The number of imidazole rings is 1. The molecule has 8 nitrogen and oxygen atoms in total. The van der Waals surface area contributed by atoms with E-state index in [9.17, 15) is 18.0 Å². The smallest absolute Gasteiger partial charge is 0.354 e. The van der Waals surface area contributed by atoms with Crippen LogP contribution in [-0.4, -0.2) is 41.6 Å². The van der Waals surface area contributed by atoms with Crippen molar-refractivity contribution in [2.75, 3.05) is 11.6 Å². The van der Waals surface area contributed by atoms with Gasteiger partial charge in [-0.25, -0.2) is 18.2 Å². The minimum absolute atomic E-state index is 0.117. The van der Waals surface area contributed by atoms with E-state index in [2.05, 4.69) is 15.3 Å². The minimum Gasteiger partial charge on any atom is -0.477 e. The van der Waals surface area contributed by atoms with Crippen LogP contribution < -0.4 is 5.32 Å². The molecule has 21 heavy (non-hydrogen) atoms. The second-order valence-electron chi connectivity index (χ2n) is 4.18. The number of carboxylic acid groups (broad SMARTS) is 1. The van der Waals surface area contributed by atoms with Crippen molar-refractivity contribution in [3.05, 3.63) is 42.0 Å². The Kier molecular flexibility index (Phi) is 3.76. The number of rotatable bonds is 4. The molecule has 9 heteroatoms. The summed E-state index contributed by atoms with van der Waals surface area (Å²) in [6.07, 6.45) is 2.18. The molecule has 0 unspecified atom stereocenters. The van der Waals surface area contributed by atoms with Crippen LogP contribution >= 0.6 is 0 Å². The number of aromatic carboxylic acids is 1. The zero-order valence-corrected chi connectivity index (χ0v) is 11.6. The standard InChI is InChI=1S/C12H11N3O5S/c1-21(19,20)8-4-2-7(3-5-8)15-11(16)9-10(12(17)18)14-6-13-9/h2-6H,1H3,(H,13,14)(H,15,16)(H,17,18). The molecule has 3 N–H and O–H groups in total. The van der Waals surface area contributed by atoms with E-state index < -0.39 is 21.7 Å². The monoisotopic (exact) mass is 309 g/mol. The number of benzene rings is 1. The van der Waals surface area contributed by atoms with E-state index in [0.29, 0.717) is 5.69 Å². The van der Waals surface area contributed by atoms with Gasteiger partial charge in [0.25, 0.3) is 5.91 Å². The SMILES string of the molecule is CS(=O)(=O)c1ccc(NC(=O)c2nc[nH]c2C(=O)O)cc1. The third-order valence-corrected chi connectivity index (χ3v) is 3.74. The predicted octanol–water partition coefficient (Wildman–Crippen LogP) is 0.764. The lowest BCUT2D eigenvalue weighted by molar-refractivity contribution is 0.0686. The lowest BCUT2D eigenvalue weighted by Gasteiger charge is -2.05. The van der Waals surface area contributed by atoms with Gasteiger partial charge in [-0.15, -0.1) is 0 Å². The molecule has 0 saturated carbocycles. The predicted molar refractivity (Wildman–Crippen MR) is 73.1 cm³/mol. The number of sulfone groups is 1. The van der Waals surface area contributed by atoms with Gasteiger partial charge in [-0.3, -0.25) is 4.79 Å². The number of hydrogen-bond donors (Lipinski definition) is 3. The molecule has 0 fully saturated rings. The van der Waals surface area contributed by atoms with Gasteiger partial charge in [-0.1, -0.05) is 0 Å². The van der Waals surface area contributed by atoms with Crippen LogP contribution in [0.2, 0.25) is 0 Å². The first kappa shape index (κ1) is 14.7. The fourth-order valence-electron chi connectivity index (χ4n) is 1.61. The highest BCUT2D eigenvalue weighted by Gasteiger charge is 2.19. The summed E-state index contributed by atoms with van der Waals surface area (Å²) >= 11 is 0. The molecular formula is C12H11N3O5S. The Bertz CT molecular complexity index is 793. The van der Waals surface area contributed by atoms with Crippen molar-refractivity contribution in [3.8, 4) is 0 Å². The Labute approximate surface area is 119 Å². The summed E-state index contributed by atoms with van der Waals surface area (Å²) in [4.78, 5) is 28.9. The molecule has 0 aliphatic carbocycles. The zero-order chi connectivity index (χ0) is 15.6. The van der Waals surface area contributed by atoms with Crippen molar-refractivity contribution in [1.82, 2.24) is 9.97 Å². The van der Waals surface area contributed by atoms with Crippen LogP contribution in [0.5, 0.6) is 0 Å². The van der Waals surface area contributed by atoms with E-state index in [0.717, 1.165) is 12.6 Å². The van der Waals surface area contributed by atoms with Gasteiger partial charge in [0.2, 0.25) is 0 Å². The molecule has 1 aromatic carbocycles. The number of hydrogen-bond acceptors (Lipinski definition) is 5. The summed E-state index contributed by atoms with van der Waals surface area (Å²) in [6.45, 7) is 0. The van der Waals surface area contributed by atoms with Gasteiger partial charge in [0.05, 0.1) is 11.2 Å². The molecule has 2 rings (SSSR count). The highest BCUT2D eigenvalue weighted by atomic mass is 32.2. The molecule has 0 bridgehead atoms. The van der Waals surface area contributed by atoms with Crippen molar-refractivity contribution in [2.45, 2.75) is 4.90 Å². The third-order valence-electron chi connectivity index (χ3n) is 2.61. The van der Waals surface area contributed by atoms with Crippen LogP contribution in [-0.2, 0) is 9.84 Å². The van der Waals surface area contributed by atoms with E-state index in [-0.39, 0.29) is 16.3 Å². The van der Waals surface area contributed by atoms with Crippen molar-refractivity contribution in [2.24, 2.45) is 0 Å². The zero-order valence-electron chi connectivity index (χ0n) is 10.8. The quantitative estimate of drug-likeness (QED) is 0.764. The Morgan fingerprint density at radius 3 is 2.38 bits per heavy atom. The van der Waals surface area contributed by atoms with Crippen molar-refractivity contribution in [3.63, 3.8) is 0 Å². The normalized spacial score (nSPS) is 11.1. The van der Waals surface area contributed by atoms with Gasteiger partial charge >= 0.3 is 5.97 Å². The Morgan fingerprint density at radius 1 is 1.24 bits per heavy atom. The topological polar surface area (TPSA) is 129 Å². The van der Waals surface area contributed by atoms with Gasteiger partial charge in [0, 0.05) is 11.9 Å². The van der Waals surface area contributed by atoms with Gasteiger partial charge < -0.3 is 15.4 Å². The number of aromatic amines is 1. The highest BCUT2D eigenvalue weighted by Crippen LogP contribution is 2.15. The highest BCUT2D eigenvalue weighted by molar-refractivity contribution is 7.90. The first-order valence-electron chi connectivity index (χ1n) is 5.67. The van der Waals surface area contributed by atoms with Gasteiger partial charge in [-0.05, 0) is 24.3 Å². The maximum Gasteiger partial charge on any atom is 0.354 e. The number of aromatic nitrogens is 2. The van der Waals surface area contributed by atoms with Crippen LogP contribution in [0.3, 0.4) is 0 Å². The molecule has 0 aliphatic rings. The lowest BCUT2D eigenvalue weighted by Crippen LogP contribution is -2.16. The molecule has 110 valence electrons. The summed E-state index contributed by atoms with van der Waals surface area (Å²) < 4.78 is 22.6. The second kappa shape index (κ2) is 5.37. The van der Waals surface area contributed by atoms with E-state index in [1.807, 2.05) is 0 Å². The summed E-state index contributed by atoms with van der Waals surface area (Å²) in [7, 11) is -3.32. The molecule has 0 radical (unpaired) electrons. The van der Waals surface area contributed by atoms with E-state index in [4.69, 9.17) is 5.11 Å². The van der Waals surface area contributed by atoms with E-state index in [1.165, 1.54) is 24.3 Å². The summed E-state index contributed by atoms with van der Waals surface area (Å²) in [5, 5.41) is 11.3. The summed E-state index contributed by atoms with van der Waals surface area (Å²) in [5.41, 5.74) is -0.248. The maximum atomic E-state index is 11.9. The second-order valence-corrected chi connectivity index (χ2v) is 6.20. The molecule has 0 spiro atoms. The Morgan fingerprint density at radius 2 is 1.86 bits per heavy atom. The number of carboxylic acids is 1. The van der Waals surface area contributed by atoms with Gasteiger partial charge in [0.15, 0.2) is 21.2 Å². The fraction of sp³-hybridized carbons (Fsp3) is 0.0833. The molecule has 2 aromatic rings. The van der Waals surface area contributed by atoms with Crippen LogP contribution in [0.15, 0.2) is 35.5 Å². The number of H-pyrrole nitrogens is 1. The lowest BCUT2D eigenvalue weighted by atomic mass is 10.2. The van der Waals surface area contributed by atoms with E-state index in [1.54, 1.807) is 0 Å². The minimum atomic E-state index is -3.32. The van der Waals surface area contributed by atoms with Crippen molar-refractivity contribution >= 4 is 27.4 Å². The number of amides is 1. The molecule has 0 aliphatic heterocycles. The molecule has 0 atom stereocenters. The van der Waals surface area contributed by atoms with Crippen LogP contribution in [0.1, 0.15) is 21.0 Å². The molecular weight excluding hydrogens is 298 g/mol. The number of nitrogens with zero attached hydrogens (tertiary/aromatic N) is 1. The van der Waals surface area contributed by atoms with Gasteiger partial charge in [0.1, 0.15) is 0 Å².